The van der Waals surface area contributed by atoms with Gasteiger partial charge in [-0.05, 0) is 6.42 Å². The lowest BCUT2D eigenvalue weighted by atomic mass is 10.2. The van der Waals surface area contributed by atoms with Crippen LogP contribution in [0, 0.1) is 0 Å². The van der Waals surface area contributed by atoms with E-state index in [0.29, 0.717) is 0 Å². The van der Waals surface area contributed by atoms with Gasteiger partial charge in [-0.3, -0.25) is 9.67 Å². The zero-order valence-electron chi connectivity index (χ0n) is 10.6. The number of aryl methyl sites for hydroxylation is 2. The van der Waals surface area contributed by atoms with Crippen molar-refractivity contribution in [1.82, 2.24) is 20.0 Å². The zero-order chi connectivity index (χ0) is 11.5. The molecule has 1 aromatic heterocycles. The summed E-state index contributed by atoms with van der Waals surface area (Å²) in [5.41, 5.74) is 2.42. The summed E-state index contributed by atoms with van der Waals surface area (Å²) in [6, 6.07) is 0. The SMILES string of the molecule is CCc1nn(C)cc1CNC1=NCCN1C.I. The van der Waals surface area contributed by atoms with Crippen molar-refractivity contribution < 1.29 is 0 Å². The number of halogens is 1. The van der Waals surface area contributed by atoms with Gasteiger partial charge in [0, 0.05) is 38.9 Å². The summed E-state index contributed by atoms with van der Waals surface area (Å²) in [5, 5.41) is 7.77. The fourth-order valence-electron chi connectivity index (χ4n) is 1.93. The number of hydrogen-bond donors (Lipinski definition) is 1. The van der Waals surface area contributed by atoms with Gasteiger partial charge in [-0.25, -0.2) is 0 Å². The van der Waals surface area contributed by atoms with Crippen molar-refractivity contribution in [3.05, 3.63) is 17.5 Å². The molecule has 2 rings (SSSR count). The second-order valence-corrected chi connectivity index (χ2v) is 4.11. The maximum atomic E-state index is 4.42. The number of nitrogens with one attached hydrogen (secondary N) is 1. The van der Waals surface area contributed by atoms with Crippen molar-refractivity contribution in [2.24, 2.45) is 12.0 Å². The Morgan fingerprint density at radius 2 is 2.18 bits per heavy atom. The highest BCUT2D eigenvalue weighted by Gasteiger charge is 2.13. The molecule has 0 aliphatic carbocycles. The van der Waals surface area contributed by atoms with Crippen LogP contribution in [0.15, 0.2) is 11.2 Å². The van der Waals surface area contributed by atoms with E-state index >= 15 is 0 Å². The third kappa shape index (κ3) is 3.34. The number of rotatable bonds is 3. The van der Waals surface area contributed by atoms with Gasteiger partial charge in [0.05, 0.1) is 12.2 Å². The monoisotopic (exact) mass is 349 g/mol. The number of guanidine groups is 1. The molecule has 0 saturated heterocycles. The summed E-state index contributed by atoms with van der Waals surface area (Å²) < 4.78 is 1.87. The fraction of sp³-hybridized carbons (Fsp3) is 0.636. The zero-order valence-corrected chi connectivity index (χ0v) is 12.9. The molecule has 0 bridgehead atoms. The van der Waals surface area contributed by atoms with Crippen LogP contribution in [0.1, 0.15) is 18.2 Å². The Morgan fingerprint density at radius 1 is 1.41 bits per heavy atom. The van der Waals surface area contributed by atoms with Gasteiger partial charge in [0.1, 0.15) is 0 Å². The Bertz CT molecular complexity index is 399. The Labute approximate surface area is 119 Å². The minimum atomic E-state index is 0. The summed E-state index contributed by atoms with van der Waals surface area (Å²) in [4.78, 5) is 6.54. The highest BCUT2D eigenvalue weighted by Crippen LogP contribution is 2.07. The topological polar surface area (TPSA) is 45.5 Å². The van der Waals surface area contributed by atoms with Crippen molar-refractivity contribution in [3.8, 4) is 0 Å². The van der Waals surface area contributed by atoms with Crippen LogP contribution in [-0.4, -0.2) is 40.8 Å². The summed E-state index contributed by atoms with van der Waals surface area (Å²) in [5.74, 6) is 0.992. The van der Waals surface area contributed by atoms with Crippen molar-refractivity contribution in [2.45, 2.75) is 19.9 Å². The van der Waals surface area contributed by atoms with E-state index in [9.17, 15) is 0 Å². The minimum Gasteiger partial charge on any atom is -0.352 e. The molecule has 1 aromatic rings. The second-order valence-electron chi connectivity index (χ2n) is 4.11. The Kier molecular flexibility index (Phi) is 5.23. The van der Waals surface area contributed by atoms with Gasteiger partial charge < -0.3 is 10.2 Å². The maximum Gasteiger partial charge on any atom is 0.194 e. The van der Waals surface area contributed by atoms with Crippen LogP contribution >= 0.6 is 24.0 Å². The van der Waals surface area contributed by atoms with Crippen molar-refractivity contribution in [2.75, 3.05) is 20.1 Å². The molecule has 5 nitrogen and oxygen atoms in total. The average molecular weight is 349 g/mol. The van der Waals surface area contributed by atoms with Gasteiger partial charge >= 0.3 is 0 Å². The number of nitrogens with zero attached hydrogens (tertiary/aromatic N) is 4. The molecular weight excluding hydrogens is 329 g/mol. The predicted molar refractivity (Wildman–Crippen MR) is 79.8 cm³/mol. The molecule has 0 spiro atoms. The lowest BCUT2D eigenvalue weighted by molar-refractivity contribution is 0.533. The Morgan fingerprint density at radius 3 is 2.76 bits per heavy atom. The number of hydrogen-bond acceptors (Lipinski definition) is 4. The molecule has 1 aliphatic rings. The average Bonchev–Trinajstić information content (AvgIpc) is 2.81. The van der Waals surface area contributed by atoms with Gasteiger partial charge in [-0.15, -0.1) is 24.0 Å². The standard InChI is InChI=1S/C11H19N5.HI/c1-4-10-9(8-16(3)14-10)7-13-11-12-5-6-15(11)2;/h8H,4-7H2,1-3H3,(H,12,13);1H. The van der Waals surface area contributed by atoms with E-state index in [1.54, 1.807) is 0 Å². The van der Waals surface area contributed by atoms with E-state index in [1.807, 2.05) is 11.7 Å². The normalized spacial score (nSPS) is 14.5. The highest BCUT2D eigenvalue weighted by molar-refractivity contribution is 14.0. The van der Waals surface area contributed by atoms with E-state index in [4.69, 9.17) is 0 Å². The molecule has 1 aliphatic heterocycles. The highest BCUT2D eigenvalue weighted by atomic mass is 127. The first-order valence-corrected chi connectivity index (χ1v) is 5.71. The molecule has 17 heavy (non-hydrogen) atoms. The van der Waals surface area contributed by atoms with Gasteiger partial charge in [0.2, 0.25) is 0 Å². The molecule has 6 heteroatoms. The van der Waals surface area contributed by atoms with E-state index in [-0.39, 0.29) is 24.0 Å². The number of aromatic nitrogens is 2. The molecule has 0 fully saturated rings. The molecule has 1 N–H and O–H groups in total. The number of aliphatic imine (C=N–C) groups is 1. The quantitative estimate of drug-likeness (QED) is 0.828. The van der Waals surface area contributed by atoms with E-state index in [2.05, 4.69) is 40.5 Å². The third-order valence-corrected chi connectivity index (χ3v) is 2.82. The van der Waals surface area contributed by atoms with Crippen LogP contribution in [0.25, 0.3) is 0 Å². The summed E-state index contributed by atoms with van der Waals surface area (Å²) in [7, 11) is 4.02. The van der Waals surface area contributed by atoms with Crippen molar-refractivity contribution in [1.29, 1.82) is 0 Å². The third-order valence-electron chi connectivity index (χ3n) is 2.82. The molecule has 0 atom stereocenters. The minimum absolute atomic E-state index is 0. The molecule has 0 aromatic carbocycles. The first kappa shape index (κ1) is 14.3. The molecule has 0 amide bonds. The fourth-order valence-corrected chi connectivity index (χ4v) is 1.93. The first-order valence-electron chi connectivity index (χ1n) is 5.71. The van der Waals surface area contributed by atoms with Gasteiger partial charge in [0.15, 0.2) is 5.96 Å². The molecule has 0 unspecified atom stereocenters. The van der Waals surface area contributed by atoms with Crippen LogP contribution in [0.5, 0.6) is 0 Å². The second kappa shape index (κ2) is 6.23. The van der Waals surface area contributed by atoms with Crippen LogP contribution in [0.3, 0.4) is 0 Å². The van der Waals surface area contributed by atoms with Crippen LogP contribution in [-0.2, 0) is 20.0 Å². The molecule has 2 heterocycles. The lowest BCUT2D eigenvalue weighted by Gasteiger charge is -2.14. The number of likely N-dealkylation sites (N-methyl/N-ethyl adjacent to an activating group) is 1. The lowest BCUT2D eigenvalue weighted by Crippen LogP contribution is -2.35. The van der Waals surface area contributed by atoms with Crippen LogP contribution in [0.4, 0.5) is 0 Å². The Hall–Kier alpha value is -0.790. The van der Waals surface area contributed by atoms with Crippen molar-refractivity contribution >= 4 is 29.9 Å². The maximum absolute atomic E-state index is 4.42. The summed E-state index contributed by atoms with van der Waals surface area (Å²) >= 11 is 0. The van der Waals surface area contributed by atoms with E-state index in [0.717, 1.165) is 37.7 Å². The van der Waals surface area contributed by atoms with Gasteiger partial charge in [-0.2, -0.15) is 5.10 Å². The molecule has 0 saturated carbocycles. The molecule has 96 valence electrons. The van der Waals surface area contributed by atoms with Gasteiger partial charge in [-0.1, -0.05) is 6.92 Å². The largest absolute Gasteiger partial charge is 0.352 e. The van der Waals surface area contributed by atoms with E-state index < -0.39 is 0 Å². The first-order chi connectivity index (χ1) is 7.70. The predicted octanol–water partition coefficient (Wildman–Crippen LogP) is 0.991. The summed E-state index contributed by atoms with van der Waals surface area (Å²) in [6.45, 7) is 4.84. The van der Waals surface area contributed by atoms with Gasteiger partial charge in [0.25, 0.3) is 0 Å². The van der Waals surface area contributed by atoms with Crippen molar-refractivity contribution in [3.63, 3.8) is 0 Å². The van der Waals surface area contributed by atoms with E-state index in [1.165, 1.54) is 5.56 Å². The molecular formula is C11H20IN5. The van der Waals surface area contributed by atoms with Crippen LogP contribution in [0.2, 0.25) is 0 Å². The molecule has 0 radical (unpaired) electrons. The summed E-state index contributed by atoms with van der Waals surface area (Å²) in [6.07, 6.45) is 3.04. The smallest absolute Gasteiger partial charge is 0.194 e. The Balaban J connectivity index is 0.00000144. The van der Waals surface area contributed by atoms with Crippen LogP contribution < -0.4 is 5.32 Å².